The Bertz CT molecular complexity index is 1310. The quantitative estimate of drug-likeness (QED) is 0.452. The summed E-state index contributed by atoms with van der Waals surface area (Å²) in [6.45, 7) is 1.39. The van der Waals surface area contributed by atoms with E-state index >= 15 is 0 Å². The molecule has 0 radical (unpaired) electrons. The first-order valence-electron chi connectivity index (χ1n) is 9.22. The Hall–Kier alpha value is -4.20. The second kappa shape index (κ2) is 8.27. The van der Waals surface area contributed by atoms with Gasteiger partial charge in [0.2, 0.25) is 5.88 Å². The van der Waals surface area contributed by atoms with E-state index in [1.807, 2.05) is 0 Å². The molecule has 2 aromatic carbocycles. The number of Topliss-reactive ketones (excluding diaryl/α,β-unsaturated/α-hetero) is 1. The van der Waals surface area contributed by atoms with Gasteiger partial charge < -0.3 is 10.1 Å². The van der Waals surface area contributed by atoms with Crippen LogP contribution in [-0.4, -0.2) is 21.7 Å². The van der Waals surface area contributed by atoms with Crippen LogP contribution in [-0.2, 0) is 0 Å². The lowest BCUT2D eigenvalue weighted by Gasteiger charge is -2.12. The molecule has 31 heavy (non-hydrogen) atoms. The molecule has 0 atom stereocenters. The minimum Gasteiger partial charge on any atom is -0.435 e. The molecule has 2 heterocycles. The van der Waals surface area contributed by atoms with Crippen molar-refractivity contribution < 1.29 is 23.1 Å². The number of ketones is 1. The van der Waals surface area contributed by atoms with Crippen LogP contribution in [0.25, 0.3) is 10.9 Å². The number of carbonyl (C=O) groups excluding carboxylic acids is 2. The average Bonchev–Trinajstić information content (AvgIpc) is 2.75. The fraction of sp³-hybridized carbons (Fsp3) is 0.0435. The van der Waals surface area contributed by atoms with Crippen LogP contribution in [0.3, 0.4) is 0 Å². The predicted molar refractivity (Wildman–Crippen MR) is 110 cm³/mol. The number of amides is 1. The van der Waals surface area contributed by atoms with Gasteiger partial charge in [-0.15, -0.1) is 0 Å². The van der Waals surface area contributed by atoms with Crippen LogP contribution < -0.4 is 10.1 Å². The van der Waals surface area contributed by atoms with Gasteiger partial charge in [-0.3, -0.25) is 14.6 Å². The molecule has 6 nitrogen and oxygen atoms in total. The highest BCUT2D eigenvalue weighted by Gasteiger charge is 2.19. The Kier molecular flexibility index (Phi) is 5.36. The molecular weight excluding hydrogens is 404 g/mol. The summed E-state index contributed by atoms with van der Waals surface area (Å²) in [5.74, 6) is -2.87. The summed E-state index contributed by atoms with van der Waals surface area (Å²) in [6.07, 6.45) is 1.35. The fourth-order valence-corrected chi connectivity index (χ4v) is 2.88. The van der Waals surface area contributed by atoms with Crippen molar-refractivity contribution in [3.05, 3.63) is 89.8 Å². The van der Waals surface area contributed by atoms with Crippen LogP contribution >= 0.6 is 0 Å². The fourth-order valence-electron chi connectivity index (χ4n) is 2.88. The van der Waals surface area contributed by atoms with Crippen LogP contribution in [0.1, 0.15) is 27.8 Å². The van der Waals surface area contributed by atoms with E-state index in [0.717, 1.165) is 12.1 Å². The SMILES string of the molecule is CC(=O)c1ccc(NC(=O)c2cc3ccccc3nc2Oc2ccc(F)cc2F)cn1. The van der Waals surface area contributed by atoms with Crippen molar-refractivity contribution in [3.8, 4) is 11.6 Å². The highest BCUT2D eigenvalue weighted by Crippen LogP contribution is 2.29. The van der Waals surface area contributed by atoms with Gasteiger partial charge in [-0.05, 0) is 36.4 Å². The molecule has 0 aliphatic rings. The maximum absolute atomic E-state index is 14.1. The van der Waals surface area contributed by atoms with Crippen molar-refractivity contribution in [2.24, 2.45) is 0 Å². The molecule has 1 N–H and O–H groups in total. The first kappa shape index (κ1) is 20.1. The normalized spacial score (nSPS) is 10.7. The van der Waals surface area contributed by atoms with E-state index in [1.165, 1.54) is 25.3 Å². The highest BCUT2D eigenvalue weighted by atomic mass is 19.1. The third kappa shape index (κ3) is 4.37. The summed E-state index contributed by atoms with van der Waals surface area (Å²) in [6, 6.07) is 14.5. The van der Waals surface area contributed by atoms with Gasteiger partial charge in [0, 0.05) is 18.4 Å². The topological polar surface area (TPSA) is 81.2 Å². The number of carbonyl (C=O) groups is 2. The maximum atomic E-state index is 14.1. The Morgan fingerprint density at radius 1 is 1.00 bits per heavy atom. The number of nitrogens with one attached hydrogen (secondary N) is 1. The van der Waals surface area contributed by atoms with Crippen molar-refractivity contribution in [1.29, 1.82) is 0 Å². The Balaban J connectivity index is 1.71. The number of rotatable bonds is 5. The third-order valence-corrected chi connectivity index (χ3v) is 4.42. The van der Waals surface area contributed by atoms with Gasteiger partial charge in [-0.1, -0.05) is 18.2 Å². The van der Waals surface area contributed by atoms with Gasteiger partial charge in [0.05, 0.1) is 17.4 Å². The molecule has 0 bridgehead atoms. The number of nitrogens with zero attached hydrogens (tertiary/aromatic N) is 2. The minimum atomic E-state index is -0.926. The average molecular weight is 419 g/mol. The van der Waals surface area contributed by atoms with Gasteiger partial charge >= 0.3 is 0 Å². The van der Waals surface area contributed by atoms with Crippen LogP contribution in [0.5, 0.6) is 11.6 Å². The number of para-hydroxylation sites is 1. The van der Waals surface area contributed by atoms with Gasteiger partial charge in [0.15, 0.2) is 17.3 Å². The lowest BCUT2D eigenvalue weighted by atomic mass is 10.1. The predicted octanol–water partition coefficient (Wildman–Crippen LogP) is 5.16. The molecule has 0 unspecified atom stereocenters. The first-order valence-corrected chi connectivity index (χ1v) is 9.22. The molecule has 1 amide bonds. The van der Waals surface area contributed by atoms with Crippen molar-refractivity contribution in [2.45, 2.75) is 6.92 Å². The van der Waals surface area contributed by atoms with Gasteiger partial charge in [0.25, 0.3) is 5.91 Å². The standard InChI is InChI=1S/C23H15F2N3O3/c1-13(29)19-8-7-16(12-26-19)27-22(30)17-10-14-4-2-3-5-20(14)28-23(17)31-21-9-6-15(24)11-18(21)25/h2-12H,1H3,(H,27,30). The van der Waals surface area contributed by atoms with E-state index in [0.29, 0.717) is 22.7 Å². The van der Waals surface area contributed by atoms with Crippen molar-refractivity contribution >= 4 is 28.3 Å². The minimum absolute atomic E-state index is 0.0399. The molecule has 0 saturated carbocycles. The summed E-state index contributed by atoms with van der Waals surface area (Å²) in [5.41, 5.74) is 1.19. The van der Waals surface area contributed by atoms with Crippen molar-refractivity contribution in [2.75, 3.05) is 5.32 Å². The summed E-state index contributed by atoms with van der Waals surface area (Å²) in [5, 5.41) is 3.32. The van der Waals surface area contributed by atoms with E-state index in [4.69, 9.17) is 4.74 Å². The van der Waals surface area contributed by atoms with Gasteiger partial charge in [0.1, 0.15) is 17.1 Å². The molecule has 0 aliphatic carbocycles. The van der Waals surface area contributed by atoms with E-state index < -0.39 is 17.5 Å². The van der Waals surface area contributed by atoms with Gasteiger partial charge in [-0.2, -0.15) is 0 Å². The third-order valence-electron chi connectivity index (χ3n) is 4.42. The molecular formula is C23H15F2N3O3. The number of pyridine rings is 2. The van der Waals surface area contributed by atoms with Crippen molar-refractivity contribution in [1.82, 2.24) is 9.97 Å². The molecule has 4 rings (SSSR count). The zero-order valence-electron chi connectivity index (χ0n) is 16.2. The molecule has 4 aromatic rings. The molecule has 0 saturated heterocycles. The molecule has 0 fully saturated rings. The number of aromatic nitrogens is 2. The number of benzene rings is 2. The summed E-state index contributed by atoms with van der Waals surface area (Å²) < 4.78 is 32.9. The Morgan fingerprint density at radius 3 is 2.52 bits per heavy atom. The lowest BCUT2D eigenvalue weighted by molar-refractivity contribution is 0.101. The molecule has 0 aliphatic heterocycles. The van der Waals surface area contributed by atoms with E-state index in [9.17, 15) is 18.4 Å². The monoisotopic (exact) mass is 419 g/mol. The zero-order chi connectivity index (χ0) is 22.0. The Morgan fingerprint density at radius 2 is 1.81 bits per heavy atom. The smallest absolute Gasteiger partial charge is 0.261 e. The van der Waals surface area contributed by atoms with Crippen molar-refractivity contribution in [3.63, 3.8) is 0 Å². The molecule has 154 valence electrons. The Labute approximate surface area is 175 Å². The van der Waals surface area contributed by atoms with E-state index in [1.54, 1.807) is 30.3 Å². The maximum Gasteiger partial charge on any atom is 0.261 e. The zero-order valence-corrected chi connectivity index (χ0v) is 16.2. The number of fused-ring (bicyclic) bond motifs is 1. The first-order chi connectivity index (χ1) is 14.9. The summed E-state index contributed by atoms with van der Waals surface area (Å²) >= 11 is 0. The highest BCUT2D eigenvalue weighted by molar-refractivity contribution is 6.07. The number of hydrogen-bond donors (Lipinski definition) is 1. The number of ether oxygens (including phenoxy) is 1. The molecule has 2 aromatic heterocycles. The second-order valence-electron chi connectivity index (χ2n) is 6.65. The van der Waals surface area contributed by atoms with Crippen LogP contribution in [0.15, 0.2) is 66.9 Å². The number of anilines is 1. The second-order valence-corrected chi connectivity index (χ2v) is 6.65. The van der Waals surface area contributed by atoms with Gasteiger partial charge in [-0.25, -0.2) is 13.8 Å². The van der Waals surface area contributed by atoms with Crippen LogP contribution in [0.4, 0.5) is 14.5 Å². The van der Waals surface area contributed by atoms with E-state index in [2.05, 4.69) is 15.3 Å². The molecule has 8 heteroatoms. The lowest BCUT2D eigenvalue weighted by Crippen LogP contribution is -2.14. The number of halogens is 2. The van der Waals surface area contributed by atoms with Crippen LogP contribution in [0, 0.1) is 11.6 Å². The van der Waals surface area contributed by atoms with Crippen LogP contribution in [0.2, 0.25) is 0 Å². The molecule has 0 spiro atoms. The number of hydrogen-bond acceptors (Lipinski definition) is 5. The summed E-state index contributed by atoms with van der Waals surface area (Å²) in [7, 11) is 0. The summed E-state index contributed by atoms with van der Waals surface area (Å²) in [4.78, 5) is 32.6. The largest absolute Gasteiger partial charge is 0.435 e. The van der Waals surface area contributed by atoms with E-state index in [-0.39, 0.29) is 28.7 Å².